The Morgan fingerprint density at radius 2 is 1.55 bits per heavy atom. The minimum absolute atomic E-state index is 0.0479. The van der Waals surface area contributed by atoms with Crippen LogP contribution >= 0.6 is 7.60 Å². The number of nitrogens with one attached hydrogen (secondary N) is 1. The number of sulfonamides is 1. The van der Waals surface area contributed by atoms with Gasteiger partial charge in [0.25, 0.3) is 5.56 Å². The molecule has 1 aromatic heterocycles. The lowest BCUT2D eigenvalue weighted by atomic mass is 10.1. The van der Waals surface area contributed by atoms with Crippen molar-refractivity contribution >= 4 is 33.8 Å². The highest BCUT2D eigenvalue weighted by Gasteiger charge is 2.40. The van der Waals surface area contributed by atoms with Gasteiger partial charge in [-0.25, -0.2) is 8.42 Å². The monoisotopic (exact) mass is 512 g/mol. The molecule has 0 spiro atoms. The second-order valence-electron chi connectivity index (χ2n) is 7.15. The molecule has 2 rings (SSSR count). The number of hydrogen-bond acceptors (Lipinski definition) is 6. The number of benzene rings is 1. The summed E-state index contributed by atoms with van der Waals surface area (Å²) in [5.74, 6) is 0. The lowest BCUT2D eigenvalue weighted by Crippen LogP contribution is -2.34. The highest BCUT2D eigenvalue weighted by atomic mass is 32.2. The van der Waals surface area contributed by atoms with E-state index in [0.29, 0.717) is 18.9 Å². The minimum atomic E-state index is -5.00. The van der Waals surface area contributed by atoms with Crippen LogP contribution in [0.4, 0.5) is 13.2 Å². The van der Waals surface area contributed by atoms with E-state index < -0.39 is 45.1 Å². The van der Waals surface area contributed by atoms with Crippen LogP contribution in [-0.4, -0.2) is 44.0 Å². The first-order valence-electron chi connectivity index (χ1n) is 10.5. The van der Waals surface area contributed by atoms with Gasteiger partial charge in [-0.1, -0.05) is 13.8 Å². The number of H-pyrrole nitrogens is 1. The quantitative estimate of drug-likeness (QED) is 0.452. The van der Waals surface area contributed by atoms with Gasteiger partial charge in [0, 0.05) is 24.0 Å². The number of fused-ring (bicyclic) bond motifs is 1. The van der Waals surface area contributed by atoms with Gasteiger partial charge in [0.1, 0.15) is 5.30 Å². The van der Waals surface area contributed by atoms with Gasteiger partial charge in [-0.3, -0.25) is 9.36 Å². The van der Waals surface area contributed by atoms with E-state index in [1.807, 2.05) is 0 Å². The van der Waals surface area contributed by atoms with Crippen LogP contribution in [-0.2, 0) is 29.8 Å². The lowest BCUT2D eigenvalue weighted by molar-refractivity contribution is -0.139. The average Bonchev–Trinajstić information content (AvgIpc) is 2.71. The molecule has 1 aromatic carbocycles. The zero-order chi connectivity index (χ0) is 25.0. The van der Waals surface area contributed by atoms with E-state index >= 15 is 0 Å². The van der Waals surface area contributed by atoms with Crippen molar-refractivity contribution in [1.29, 1.82) is 0 Å². The van der Waals surface area contributed by atoms with Crippen molar-refractivity contribution < 1.29 is 35.2 Å². The number of halogens is 3. The Balaban J connectivity index is 2.88. The smallest absolute Gasteiger partial charge is 0.321 e. The molecule has 13 heteroatoms. The summed E-state index contributed by atoms with van der Waals surface area (Å²) >= 11 is 0. The number of pyridine rings is 1. The van der Waals surface area contributed by atoms with Crippen molar-refractivity contribution in [1.82, 2.24) is 9.29 Å². The summed E-state index contributed by atoms with van der Waals surface area (Å²) in [5, 5.41) is -0.468. The van der Waals surface area contributed by atoms with E-state index in [1.165, 1.54) is 13.8 Å². The van der Waals surface area contributed by atoms with Crippen LogP contribution in [0.25, 0.3) is 10.9 Å². The maximum Gasteiger partial charge on any atom is 0.417 e. The van der Waals surface area contributed by atoms with E-state index in [9.17, 15) is 30.9 Å². The first-order valence-corrected chi connectivity index (χ1v) is 13.5. The van der Waals surface area contributed by atoms with E-state index in [0.717, 1.165) is 16.4 Å². The lowest BCUT2D eigenvalue weighted by Gasteiger charge is -2.24. The number of hydrogen-bond donors (Lipinski definition) is 1. The van der Waals surface area contributed by atoms with Crippen molar-refractivity contribution in [3.63, 3.8) is 0 Å². The van der Waals surface area contributed by atoms with E-state index in [4.69, 9.17) is 9.05 Å². The summed E-state index contributed by atoms with van der Waals surface area (Å²) < 4.78 is 92.4. The Bertz CT molecular complexity index is 1180. The van der Waals surface area contributed by atoms with Gasteiger partial charge in [-0.2, -0.15) is 17.5 Å². The summed E-state index contributed by atoms with van der Waals surface area (Å²) in [6, 6.07) is 2.48. The van der Waals surface area contributed by atoms with Crippen LogP contribution < -0.4 is 10.9 Å². The Morgan fingerprint density at radius 1 is 1.00 bits per heavy atom. The molecule has 8 nitrogen and oxygen atoms in total. The van der Waals surface area contributed by atoms with Crippen LogP contribution in [0.5, 0.6) is 0 Å². The molecule has 1 heterocycles. The van der Waals surface area contributed by atoms with Crippen molar-refractivity contribution in [2.24, 2.45) is 0 Å². The Labute approximate surface area is 190 Å². The normalized spacial score (nSPS) is 13.2. The Hall–Kier alpha value is -1.72. The average molecular weight is 512 g/mol. The summed E-state index contributed by atoms with van der Waals surface area (Å²) in [6.07, 6.45) is -4.17. The molecule has 186 valence electrons. The topological polar surface area (TPSA) is 106 Å². The molecule has 2 aromatic rings. The Morgan fingerprint density at radius 3 is 2.00 bits per heavy atom. The van der Waals surface area contributed by atoms with Crippen molar-refractivity contribution in [2.75, 3.05) is 26.3 Å². The molecule has 0 amide bonds. The molecular formula is C20H28F3N2O6PS. The predicted molar refractivity (Wildman–Crippen MR) is 119 cm³/mol. The number of rotatable bonds is 11. The fraction of sp³-hybridized carbons (Fsp3) is 0.550. The SMILES string of the molecule is CCCN(CCC)S(=O)(=O)c1cc2cc(P(=O)(OCC)OCC)c(=O)[nH]c2cc1C(F)(F)F. The summed E-state index contributed by atoms with van der Waals surface area (Å²) in [4.78, 5) is 13.9. The summed E-state index contributed by atoms with van der Waals surface area (Å²) in [7, 11) is -8.60. The zero-order valence-electron chi connectivity index (χ0n) is 18.9. The third kappa shape index (κ3) is 5.86. The second kappa shape index (κ2) is 10.7. The van der Waals surface area contributed by atoms with Gasteiger partial charge in [0.15, 0.2) is 0 Å². The van der Waals surface area contributed by atoms with E-state index in [-0.39, 0.29) is 37.2 Å². The molecule has 33 heavy (non-hydrogen) atoms. The molecule has 0 bridgehead atoms. The van der Waals surface area contributed by atoms with Gasteiger partial charge < -0.3 is 14.0 Å². The fourth-order valence-electron chi connectivity index (χ4n) is 3.37. The first kappa shape index (κ1) is 27.5. The minimum Gasteiger partial charge on any atom is -0.321 e. The third-order valence-corrected chi connectivity index (χ3v) is 8.74. The number of aromatic amines is 1. The second-order valence-corrected chi connectivity index (χ2v) is 11.1. The van der Waals surface area contributed by atoms with Crippen LogP contribution in [0.15, 0.2) is 27.9 Å². The van der Waals surface area contributed by atoms with Crippen LogP contribution in [0, 0.1) is 0 Å². The molecule has 0 aliphatic heterocycles. The molecule has 0 saturated heterocycles. The summed E-state index contributed by atoms with van der Waals surface area (Å²) in [5.41, 5.74) is -2.60. The summed E-state index contributed by atoms with van der Waals surface area (Å²) in [6.45, 7) is 6.51. The highest BCUT2D eigenvalue weighted by molar-refractivity contribution is 7.89. The fourth-order valence-corrected chi connectivity index (χ4v) is 6.85. The van der Waals surface area contributed by atoms with E-state index in [1.54, 1.807) is 13.8 Å². The predicted octanol–water partition coefficient (Wildman–Crippen LogP) is 4.25. The van der Waals surface area contributed by atoms with Crippen molar-refractivity contribution in [2.45, 2.75) is 51.6 Å². The largest absolute Gasteiger partial charge is 0.417 e. The van der Waals surface area contributed by atoms with Gasteiger partial charge in [-0.05, 0) is 44.9 Å². The zero-order valence-corrected chi connectivity index (χ0v) is 20.6. The molecule has 0 aliphatic rings. The van der Waals surface area contributed by atoms with Crippen molar-refractivity contribution in [3.05, 3.63) is 34.1 Å². The van der Waals surface area contributed by atoms with Crippen LogP contribution in [0.1, 0.15) is 46.1 Å². The molecule has 0 aliphatic carbocycles. The van der Waals surface area contributed by atoms with Gasteiger partial charge in [0.05, 0.1) is 23.7 Å². The standard InChI is InChI=1S/C20H28F3N2O6PS/c1-5-9-25(10-6-2)33(28,29)18-12-14-11-17(32(27,30-7-3)31-8-4)19(26)24-16(14)13-15(18)20(21,22)23/h11-13H,5-10H2,1-4H3,(H,24,26). The molecular weight excluding hydrogens is 484 g/mol. The molecule has 0 saturated carbocycles. The van der Waals surface area contributed by atoms with Gasteiger partial charge >= 0.3 is 13.8 Å². The molecule has 0 fully saturated rings. The van der Waals surface area contributed by atoms with Crippen LogP contribution in [0.2, 0.25) is 0 Å². The maximum absolute atomic E-state index is 13.9. The third-order valence-electron chi connectivity index (χ3n) is 4.69. The molecule has 0 atom stereocenters. The number of aromatic nitrogens is 1. The van der Waals surface area contributed by atoms with Crippen LogP contribution in [0.3, 0.4) is 0 Å². The van der Waals surface area contributed by atoms with Gasteiger partial charge in [-0.15, -0.1) is 0 Å². The molecule has 0 radical (unpaired) electrons. The molecule has 0 unspecified atom stereocenters. The van der Waals surface area contributed by atoms with Gasteiger partial charge in [0.2, 0.25) is 10.0 Å². The molecule has 1 N–H and O–H groups in total. The first-order chi connectivity index (χ1) is 15.4. The van der Waals surface area contributed by atoms with E-state index in [2.05, 4.69) is 4.98 Å². The highest BCUT2D eigenvalue weighted by Crippen LogP contribution is 2.46. The number of alkyl halides is 3. The maximum atomic E-state index is 13.9. The Kier molecular flexibility index (Phi) is 8.92. The number of nitrogens with zero attached hydrogens (tertiary/aromatic N) is 1. The van der Waals surface area contributed by atoms with Crippen molar-refractivity contribution in [3.8, 4) is 0 Å².